The predicted octanol–water partition coefficient (Wildman–Crippen LogP) is 8.15. The van der Waals surface area contributed by atoms with Gasteiger partial charge in [-0.25, -0.2) is 17.6 Å². The van der Waals surface area contributed by atoms with E-state index in [0.29, 0.717) is 16.7 Å². The summed E-state index contributed by atoms with van der Waals surface area (Å²) in [6.07, 6.45) is 10.7. The van der Waals surface area contributed by atoms with Gasteiger partial charge in [-0.3, -0.25) is 0 Å². The average molecular weight is 456 g/mol. The van der Waals surface area contributed by atoms with Crippen LogP contribution in [-0.4, -0.2) is 0 Å². The predicted molar refractivity (Wildman–Crippen MR) is 122 cm³/mol. The molecule has 0 unspecified atom stereocenters. The largest absolute Gasteiger partial charge is 0.206 e. The molecule has 174 valence electrons. The standard InChI is InChI=1S/C28H29F4N/c1-2-3-4-5-17-6-8-18(9-7-17)20-13-25(30)27(26(31)14-20)19-10-11-22-21(12-19)15-24(29)23(16-33)28(22)32/h10,13-15,17-18H,2-9,11-12H2,1H3. The number of fused-ring (bicyclic) bond motifs is 1. The van der Waals surface area contributed by atoms with Gasteiger partial charge in [0.1, 0.15) is 34.9 Å². The molecule has 33 heavy (non-hydrogen) atoms. The molecule has 1 fully saturated rings. The Labute approximate surface area is 193 Å². The third-order valence-corrected chi connectivity index (χ3v) is 7.38. The van der Waals surface area contributed by atoms with Gasteiger partial charge in [0.05, 0.1) is 0 Å². The van der Waals surface area contributed by atoms with Gasteiger partial charge in [0.25, 0.3) is 0 Å². The zero-order valence-corrected chi connectivity index (χ0v) is 19.0. The van der Waals surface area contributed by atoms with E-state index in [9.17, 15) is 8.78 Å². The Balaban J connectivity index is 1.51. The van der Waals surface area contributed by atoms with Crippen LogP contribution in [0.15, 0.2) is 24.3 Å². The molecule has 4 rings (SSSR count). The number of rotatable bonds is 6. The fourth-order valence-electron chi connectivity index (χ4n) is 5.49. The topological polar surface area (TPSA) is 23.8 Å². The molecule has 5 heteroatoms. The lowest BCUT2D eigenvalue weighted by molar-refractivity contribution is 0.302. The van der Waals surface area contributed by atoms with Gasteiger partial charge in [-0.2, -0.15) is 5.26 Å². The van der Waals surface area contributed by atoms with Crippen LogP contribution in [0.25, 0.3) is 5.57 Å². The van der Waals surface area contributed by atoms with E-state index in [1.807, 2.05) is 0 Å². The molecule has 0 atom stereocenters. The summed E-state index contributed by atoms with van der Waals surface area (Å²) in [6, 6.07) is 5.52. The molecule has 0 N–H and O–H groups in total. The smallest absolute Gasteiger partial charge is 0.147 e. The number of hydrogen-bond acceptors (Lipinski definition) is 1. The van der Waals surface area contributed by atoms with Gasteiger partial charge in [0.15, 0.2) is 0 Å². The van der Waals surface area contributed by atoms with Gasteiger partial charge >= 0.3 is 0 Å². The van der Waals surface area contributed by atoms with Crippen molar-refractivity contribution in [1.29, 1.82) is 5.26 Å². The average Bonchev–Trinajstić information content (AvgIpc) is 2.79. The molecule has 0 aliphatic heterocycles. The molecule has 2 aromatic rings. The maximum absolute atomic E-state index is 15.1. The lowest BCUT2D eigenvalue weighted by atomic mass is 9.76. The summed E-state index contributed by atoms with van der Waals surface area (Å²) in [5, 5.41) is 8.96. The molecule has 0 spiro atoms. The fourth-order valence-corrected chi connectivity index (χ4v) is 5.49. The zero-order valence-electron chi connectivity index (χ0n) is 19.0. The van der Waals surface area contributed by atoms with Crippen LogP contribution < -0.4 is 0 Å². The van der Waals surface area contributed by atoms with Crippen LogP contribution in [0.3, 0.4) is 0 Å². The summed E-state index contributed by atoms with van der Waals surface area (Å²) >= 11 is 0. The molecule has 0 bridgehead atoms. The number of hydrogen-bond donors (Lipinski definition) is 0. The molecule has 2 aromatic carbocycles. The first-order valence-electron chi connectivity index (χ1n) is 12.0. The summed E-state index contributed by atoms with van der Waals surface area (Å²) in [5.74, 6) is -2.20. The Morgan fingerprint density at radius 2 is 1.64 bits per heavy atom. The highest BCUT2D eigenvalue weighted by atomic mass is 19.1. The minimum absolute atomic E-state index is 0.0188. The van der Waals surface area contributed by atoms with E-state index in [1.165, 1.54) is 43.9 Å². The Hall–Kier alpha value is -2.61. The normalized spacial score (nSPS) is 20.2. The molecule has 1 saturated carbocycles. The number of allylic oxidation sites excluding steroid dienone is 2. The zero-order chi connectivity index (χ0) is 23.5. The van der Waals surface area contributed by atoms with E-state index in [2.05, 4.69) is 6.92 Å². The van der Waals surface area contributed by atoms with Crippen LogP contribution in [0.5, 0.6) is 0 Å². The summed E-state index contributed by atoms with van der Waals surface area (Å²) in [7, 11) is 0. The van der Waals surface area contributed by atoms with E-state index >= 15 is 8.78 Å². The van der Waals surface area contributed by atoms with Crippen molar-refractivity contribution in [2.24, 2.45) is 5.92 Å². The number of halogens is 4. The first-order chi connectivity index (χ1) is 15.9. The van der Waals surface area contributed by atoms with Crippen molar-refractivity contribution in [3.05, 3.63) is 75.4 Å². The maximum Gasteiger partial charge on any atom is 0.147 e. The molecule has 0 heterocycles. The summed E-state index contributed by atoms with van der Waals surface area (Å²) < 4.78 is 58.7. The lowest BCUT2D eigenvalue weighted by Crippen LogP contribution is -2.15. The van der Waals surface area contributed by atoms with Gasteiger partial charge in [0, 0.05) is 5.56 Å². The van der Waals surface area contributed by atoms with Crippen LogP contribution in [0.1, 0.15) is 92.0 Å². The van der Waals surface area contributed by atoms with E-state index in [0.717, 1.165) is 37.7 Å². The number of nitriles is 1. The van der Waals surface area contributed by atoms with Crippen LogP contribution in [-0.2, 0) is 12.8 Å². The van der Waals surface area contributed by atoms with Crippen molar-refractivity contribution in [3.63, 3.8) is 0 Å². The van der Waals surface area contributed by atoms with Gasteiger partial charge in [-0.1, -0.05) is 38.7 Å². The molecule has 1 nitrogen and oxygen atoms in total. The molecule has 2 aliphatic carbocycles. The van der Waals surface area contributed by atoms with Gasteiger partial charge in [-0.15, -0.1) is 0 Å². The van der Waals surface area contributed by atoms with Crippen LogP contribution in [0.4, 0.5) is 17.6 Å². The Morgan fingerprint density at radius 1 is 0.939 bits per heavy atom. The van der Waals surface area contributed by atoms with E-state index in [-0.39, 0.29) is 29.9 Å². The minimum atomic E-state index is -0.948. The van der Waals surface area contributed by atoms with E-state index in [1.54, 1.807) is 6.08 Å². The molecule has 0 aromatic heterocycles. The number of benzene rings is 2. The third-order valence-electron chi connectivity index (χ3n) is 7.38. The van der Waals surface area contributed by atoms with Crippen molar-refractivity contribution >= 4 is 5.57 Å². The molecular weight excluding hydrogens is 426 g/mol. The highest BCUT2D eigenvalue weighted by Crippen LogP contribution is 2.40. The second-order valence-corrected chi connectivity index (χ2v) is 9.48. The Kier molecular flexibility index (Phi) is 7.22. The lowest BCUT2D eigenvalue weighted by Gasteiger charge is -2.29. The summed E-state index contributed by atoms with van der Waals surface area (Å²) in [5.41, 5.74) is 0.881. The molecule has 0 saturated heterocycles. The second-order valence-electron chi connectivity index (χ2n) is 9.48. The van der Waals surface area contributed by atoms with Crippen LogP contribution in [0, 0.1) is 40.5 Å². The SMILES string of the molecule is CCCCCC1CCC(c2cc(F)c(C3=CCc4c(cc(F)c(C#N)c4F)C3)c(F)c2)CC1. The van der Waals surface area contributed by atoms with Crippen LogP contribution in [0.2, 0.25) is 0 Å². The van der Waals surface area contributed by atoms with Gasteiger partial charge in [0.2, 0.25) is 0 Å². The second kappa shape index (κ2) is 10.1. The third kappa shape index (κ3) is 4.86. The summed E-state index contributed by atoms with van der Waals surface area (Å²) in [4.78, 5) is 0. The highest BCUT2D eigenvalue weighted by Gasteiger charge is 2.27. The van der Waals surface area contributed by atoms with Gasteiger partial charge in [-0.05, 0) is 90.8 Å². The monoisotopic (exact) mass is 455 g/mol. The molecular formula is C28H29F4N. The first kappa shape index (κ1) is 23.5. The van der Waals surface area contributed by atoms with Gasteiger partial charge < -0.3 is 0 Å². The molecule has 0 amide bonds. The molecule has 0 radical (unpaired) electrons. The Bertz CT molecular complexity index is 1080. The van der Waals surface area contributed by atoms with Crippen molar-refractivity contribution in [2.75, 3.05) is 0 Å². The highest BCUT2D eigenvalue weighted by molar-refractivity contribution is 5.72. The first-order valence-corrected chi connectivity index (χ1v) is 12.0. The summed E-state index contributed by atoms with van der Waals surface area (Å²) in [6.45, 7) is 2.20. The van der Waals surface area contributed by atoms with Crippen molar-refractivity contribution in [2.45, 2.75) is 77.0 Å². The number of nitrogens with zero attached hydrogens (tertiary/aromatic N) is 1. The number of unbranched alkanes of at least 4 members (excludes halogenated alkanes) is 2. The van der Waals surface area contributed by atoms with Crippen molar-refractivity contribution in [1.82, 2.24) is 0 Å². The molecule has 2 aliphatic rings. The fraction of sp³-hybridized carbons (Fsp3) is 0.464. The van der Waals surface area contributed by atoms with Crippen molar-refractivity contribution in [3.8, 4) is 6.07 Å². The maximum atomic E-state index is 15.1. The van der Waals surface area contributed by atoms with E-state index in [4.69, 9.17) is 5.26 Å². The minimum Gasteiger partial charge on any atom is -0.206 e. The Morgan fingerprint density at radius 3 is 2.27 bits per heavy atom. The quantitative estimate of drug-likeness (QED) is 0.318. The van der Waals surface area contributed by atoms with Crippen LogP contribution >= 0.6 is 0 Å². The van der Waals surface area contributed by atoms with Crippen molar-refractivity contribution < 1.29 is 17.6 Å². The van der Waals surface area contributed by atoms with E-state index < -0.39 is 28.8 Å².